The first-order valence-electron chi connectivity index (χ1n) is 7.31. The van der Waals surface area contributed by atoms with Gasteiger partial charge in [-0.2, -0.15) is 0 Å². The van der Waals surface area contributed by atoms with E-state index < -0.39 is 15.8 Å². The summed E-state index contributed by atoms with van der Waals surface area (Å²) in [4.78, 5) is 13.2. The average Bonchev–Trinajstić information content (AvgIpc) is 2.96. The molecule has 0 aromatic heterocycles. The summed E-state index contributed by atoms with van der Waals surface area (Å²) in [5.74, 6) is -0.462. The molecule has 2 aromatic rings. The maximum atomic E-state index is 13.3. The molecule has 0 saturated carbocycles. The summed E-state index contributed by atoms with van der Waals surface area (Å²) in [6.07, 6.45) is 0. The van der Waals surface area contributed by atoms with Crippen LogP contribution in [0.2, 0.25) is 0 Å². The van der Waals surface area contributed by atoms with Gasteiger partial charge in [-0.3, -0.25) is 9.62 Å². The number of benzene rings is 2. The van der Waals surface area contributed by atoms with Crippen molar-refractivity contribution in [2.75, 3.05) is 22.7 Å². The Morgan fingerprint density at radius 3 is 2.67 bits per heavy atom. The van der Waals surface area contributed by atoms with Gasteiger partial charge in [-0.1, -0.05) is 6.07 Å². The molecule has 1 aliphatic heterocycles. The minimum atomic E-state index is -3.84. The van der Waals surface area contributed by atoms with Crippen molar-refractivity contribution in [1.82, 2.24) is 5.32 Å². The minimum absolute atomic E-state index is 0.0225. The van der Waals surface area contributed by atoms with Gasteiger partial charge in [0, 0.05) is 18.8 Å². The number of nitrogens with one attached hydrogen (secondary N) is 2. The van der Waals surface area contributed by atoms with Crippen LogP contribution in [0.3, 0.4) is 0 Å². The monoisotopic (exact) mass is 349 g/mol. The molecule has 2 aromatic carbocycles. The fourth-order valence-corrected chi connectivity index (χ4v) is 3.59. The third-order valence-corrected chi connectivity index (χ3v) is 5.09. The zero-order chi connectivity index (χ0) is 17.3. The largest absolute Gasteiger partial charge is 0.336 e. The van der Waals surface area contributed by atoms with E-state index in [9.17, 15) is 17.6 Å². The summed E-state index contributed by atoms with van der Waals surface area (Å²) in [6.45, 7) is 2.57. The summed E-state index contributed by atoms with van der Waals surface area (Å²) < 4.78 is 40.6. The second kappa shape index (κ2) is 6.12. The molecule has 1 fully saturated rings. The number of sulfonamides is 1. The molecule has 0 spiro atoms. The number of anilines is 2. The Hall–Kier alpha value is -2.61. The van der Waals surface area contributed by atoms with Gasteiger partial charge in [0.1, 0.15) is 5.82 Å². The molecule has 0 aliphatic carbocycles. The summed E-state index contributed by atoms with van der Waals surface area (Å²) >= 11 is 0. The van der Waals surface area contributed by atoms with Crippen molar-refractivity contribution in [2.45, 2.75) is 11.8 Å². The summed E-state index contributed by atoms with van der Waals surface area (Å²) in [5.41, 5.74) is 1.18. The molecule has 6 nitrogen and oxygen atoms in total. The summed E-state index contributed by atoms with van der Waals surface area (Å²) in [7, 11) is -3.84. The van der Waals surface area contributed by atoms with Gasteiger partial charge < -0.3 is 5.32 Å². The van der Waals surface area contributed by atoms with Crippen LogP contribution in [-0.4, -0.2) is 27.5 Å². The fourth-order valence-electron chi connectivity index (χ4n) is 2.45. The van der Waals surface area contributed by atoms with Crippen molar-refractivity contribution in [3.63, 3.8) is 0 Å². The Balaban J connectivity index is 1.87. The van der Waals surface area contributed by atoms with Crippen LogP contribution in [0.15, 0.2) is 47.4 Å². The lowest BCUT2D eigenvalue weighted by molar-refractivity contribution is 0.252. The maximum Gasteiger partial charge on any atom is 0.321 e. The molecule has 2 N–H and O–H groups in total. The Morgan fingerprint density at radius 1 is 1.21 bits per heavy atom. The Bertz CT molecular complexity index is 899. The first kappa shape index (κ1) is 16.3. The number of nitrogens with zero attached hydrogens (tertiary/aromatic N) is 1. The van der Waals surface area contributed by atoms with Gasteiger partial charge in [0.15, 0.2) is 0 Å². The lowest BCUT2D eigenvalue weighted by Crippen LogP contribution is -2.27. The molecule has 126 valence electrons. The molecule has 0 radical (unpaired) electrons. The number of aryl methyl sites for hydroxylation is 1. The highest BCUT2D eigenvalue weighted by molar-refractivity contribution is 7.92. The zero-order valence-electron chi connectivity index (χ0n) is 12.9. The van der Waals surface area contributed by atoms with E-state index in [1.54, 1.807) is 24.3 Å². The molecule has 0 atom stereocenters. The van der Waals surface area contributed by atoms with Crippen molar-refractivity contribution in [1.29, 1.82) is 0 Å². The number of hydrogen-bond acceptors (Lipinski definition) is 3. The second-order valence-corrected chi connectivity index (χ2v) is 7.13. The highest BCUT2D eigenvalue weighted by atomic mass is 32.2. The standard InChI is InChI=1S/C16H16FN3O3S/c1-11-9-14(5-6-15(11)17)24(22,23)19-12-3-2-4-13(10-12)20-8-7-18-16(20)21/h2-6,9-10,19H,7-8H2,1H3,(H,18,21). The van der Waals surface area contributed by atoms with Crippen LogP contribution < -0.4 is 14.9 Å². The maximum absolute atomic E-state index is 13.3. The Kier molecular flexibility index (Phi) is 4.15. The zero-order valence-corrected chi connectivity index (χ0v) is 13.7. The van der Waals surface area contributed by atoms with Gasteiger partial charge in [-0.15, -0.1) is 0 Å². The van der Waals surface area contributed by atoms with Gasteiger partial charge in [0.2, 0.25) is 0 Å². The Labute approximate surface area is 139 Å². The Morgan fingerprint density at radius 2 is 2.00 bits per heavy atom. The molecular weight excluding hydrogens is 333 g/mol. The van der Waals surface area contributed by atoms with E-state index in [-0.39, 0.29) is 16.5 Å². The van der Waals surface area contributed by atoms with Crippen molar-refractivity contribution < 1.29 is 17.6 Å². The highest BCUT2D eigenvalue weighted by Crippen LogP contribution is 2.24. The van der Waals surface area contributed by atoms with Crippen molar-refractivity contribution in [3.8, 4) is 0 Å². The molecule has 1 heterocycles. The van der Waals surface area contributed by atoms with Gasteiger partial charge in [-0.05, 0) is 48.9 Å². The van der Waals surface area contributed by atoms with Crippen LogP contribution >= 0.6 is 0 Å². The average molecular weight is 349 g/mol. The third kappa shape index (κ3) is 3.18. The van der Waals surface area contributed by atoms with E-state index in [0.29, 0.717) is 24.5 Å². The van der Waals surface area contributed by atoms with Crippen LogP contribution in [0.25, 0.3) is 0 Å². The predicted octanol–water partition coefficient (Wildman–Crippen LogP) is 2.46. The van der Waals surface area contributed by atoms with Crippen LogP contribution in [0.5, 0.6) is 0 Å². The van der Waals surface area contributed by atoms with E-state index in [2.05, 4.69) is 10.0 Å². The molecular formula is C16H16FN3O3S. The summed E-state index contributed by atoms with van der Waals surface area (Å²) in [5, 5.41) is 2.69. The van der Waals surface area contributed by atoms with Gasteiger partial charge in [0.05, 0.1) is 10.6 Å². The number of halogens is 1. The number of carbonyl (C=O) groups is 1. The van der Waals surface area contributed by atoms with Crippen LogP contribution in [0.4, 0.5) is 20.6 Å². The van der Waals surface area contributed by atoms with E-state index in [0.717, 1.165) is 6.07 Å². The van der Waals surface area contributed by atoms with E-state index in [4.69, 9.17) is 0 Å². The number of hydrogen-bond donors (Lipinski definition) is 2. The lowest BCUT2D eigenvalue weighted by atomic mass is 10.2. The van der Waals surface area contributed by atoms with Crippen LogP contribution in [0, 0.1) is 12.7 Å². The minimum Gasteiger partial charge on any atom is -0.336 e. The molecule has 1 aliphatic rings. The molecule has 8 heteroatoms. The third-order valence-electron chi connectivity index (χ3n) is 3.71. The highest BCUT2D eigenvalue weighted by Gasteiger charge is 2.22. The molecule has 0 unspecified atom stereocenters. The molecule has 2 amide bonds. The van der Waals surface area contributed by atoms with Crippen LogP contribution in [-0.2, 0) is 10.0 Å². The lowest BCUT2D eigenvalue weighted by Gasteiger charge is -2.16. The quantitative estimate of drug-likeness (QED) is 0.890. The molecule has 1 saturated heterocycles. The van der Waals surface area contributed by atoms with Crippen molar-refractivity contribution >= 4 is 27.4 Å². The topological polar surface area (TPSA) is 78.5 Å². The van der Waals surface area contributed by atoms with Gasteiger partial charge in [0.25, 0.3) is 10.0 Å². The van der Waals surface area contributed by atoms with E-state index in [1.807, 2.05) is 0 Å². The van der Waals surface area contributed by atoms with Gasteiger partial charge >= 0.3 is 6.03 Å². The molecule has 24 heavy (non-hydrogen) atoms. The van der Waals surface area contributed by atoms with E-state index >= 15 is 0 Å². The molecule has 0 bridgehead atoms. The normalized spacial score (nSPS) is 14.6. The SMILES string of the molecule is Cc1cc(S(=O)(=O)Nc2cccc(N3CCNC3=O)c2)ccc1F. The summed E-state index contributed by atoms with van der Waals surface area (Å²) in [6, 6.07) is 9.94. The van der Waals surface area contributed by atoms with Gasteiger partial charge in [-0.25, -0.2) is 17.6 Å². The first-order valence-corrected chi connectivity index (χ1v) is 8.79. The number of amides is 2. The predicted molar refractivity (Wildman–Crippen MR) is 89.1 cm³/mol. The second-order valence-electron chi connectivity index (χ2n) is 5.45. The van der Waals surface area contributed by atoms with Crippen molar-refractivity contribution in [3.05, 3.63) is 53.8 Å². The smallest absolute Gasteiger partial charge is 0.321 e. The van der Waals surface area contributed by atoms with Crippen LogP contribution in [0.1, 0.15) is 5.56 Å². The van der Waals surface area contributed by atoms with E-state index in [1.165, 1.54) is 24.0 Å². The molecule has 3 rings (SSSR count). The van der Waals surface area contributed by atoms with Crippen molar-refractivity contribution in [2.24, 2.45) is 0 Å². The fraction of sp³-hybridized carbons (Fsp3) is 0.188. The number of carbonyl (C=O) groups excluding carboxylic acids is 1. The first-order chi connectivity index (χ1) is 11.4. The number of rotatable bonds is 4. The number of urea groups is 1.